The maximum atomic E-state index is 14.9. The molecule has 4 aliphatic rings. The average Bonchev–Trinajstić information content (AvgIpc) is 3.61. The van der Waals surface area contributed by atoms with Crippen LogP contribution in [0.5, 0.6) is 0 Å². The zero-order valence-corrected chi connectivity index (χ0v) is 45.5. The number of hydrogen-bond acceptors (Lipinski definition) is 11. The van der Waals surface area contributed by atoms with Crippen LogP contribution in [0.2, 0.25) is 0 Å². The van der Waals surface area contributed by atoms with Gasteiger partial charge in [-0.1, -0.05) is 89.9 Å². The summed E-state index contributed by atoms with van der Waals surface area (Å²) in [6.45, 7) is 11.7. The zero-order valence-electron chi connectivity index (χ0n) is 45.5. The van der Waals surface area contributed by atoms with Crippen LogP contribution in [-0.4, -0.2) is 151 Å². The third-order valence-corrected chi connectivity index (χ3v) is 16.5. The number of fused-ring (bicyclic) bond motifs is 1. The van der Waals surface area contributed by atoms with Crippen LogP contribution in [-0.2, 0) is 60.8 Å². The zero-order chi connectivity index (χ0) is 54.7. The van der Waals surface area contributed by atoms with Crippen molar-refractivity contribution in [2.24, 2.45) is 40.7 Å². The van der Waals surface area contributed by atoms with Crippen molar-refractivity contribution in [3.8, 4) is 0 Å². The van der Waals surface area contributed by atoms with E-state index in [-0.39, 0.29) is 66.7 Å². The molecule has 11 atom stereocenters. The topological polar surface area (TPSA) is 230 Å². The second-order valence-corrected chi connectivity index (χ2v) is 21.8. The molecule has 6 rings (SSSR count). The fourth-order valence-electron chi connectivity index (χ4n) is 12.5. The van der Waals surface area contributed by atoms with Gasteiger partial charge in [0, 0.05) is 89.5 Å². The van der Waals surface area contributed by atoms with Gasteiger partial charge < -0.3 is 41.0 Å². The number of likely N-dealkylation sites (N-methyl/N-ethyl adjacent to an activating group) is 2. The number of imide groups is 1. The Morgan fingerprint density at radius 3 is 2.17 bits per heavy atom. The minimum absolute atomic E-state index is 0.00691. The Morgan fingerprint density at radius 2 is 1.56 bits per heavy atom. The summed E-state index contributed by atoms with van der Waals surface area (Å²) in [7, 11) is 6.79. The third kappa shape index (κ3) is 13.7. The number of piperidine rings is 1. The van der Waals surface area contributed by atoms with Crippen molar-refractivity contribution in [2.45, 2.75) is 142 Å². The molecule has 18 heteroatoms. The summed E-state index contributed by atoms with van der Waals surface area (Å²) in [5.41, 5.74) is 7.63. The summed E-state index contributed by atoms with van der Waals surface area (Å²) >= 11 is 0. The van der Waals surface area contributed by atoms with E-state index in [4.69, 9.17) is 15.2 Å². The molecule has 5 N–H and O–H groups in total. The van der Waals surface area contributed by atoms with E-state index in [1.807, 2.05) is 56.1 Å². The number of benzene rings is 2. The van der Waals surface area contributed by atoms with Gasteiger partial charge in [-0.25, -0.2) is 0 Å². The number of primary amides is 1. The highest BCUT2D eigenvalue weighted by Gasteiger charge is 2.72. The lowest BCUT2D eigenvalue weighted by molar-refractivity contribution is -0.151. The summed E-state index contributed by atoms with van der Waals surface area (Å²) in [4.78, 5) is 113. The lowest BCUT2D eigenvalue weighted by atomic mass is 9.74. The van der Waals surface area contributed by atoms with Crippen molar-refractivity contribution in [1.82, 2.24) is 30.2 Å². The first kappa shape index (κ1) is 58.3. The first-order valence-corrected chi connectivity index (χ1v) is 26.9. The Labute approximate surface area is 443 Å². The number of nitrogens with two attached hydrogens (primary N) is 1. The second kappa shape index (κ2) is 26.2. The van der Waals surface area contributed by atoms with Gasteiger partial charge in [0.1, 0.15) is 6.04 Å². The van der Waals surface area contributed by atoms with Crippen molar-refractivity contribution >= 4 is 52.9 Å². The van der Waals surface area contributed by atoms with E-state index in [9.17, 15) is 38.4 Å². The lowest BCUT2D eigenvalue weighted by Crippen LogP contribution is -2.57. The summed E-state index contributed by atoms with van der Waals surface area (Å²) in [6.07, 6.45) is 6.38. The number of unbranched alkanes of at least 4 members (excludes halogenated alkanes) is 2. The fourth-order valence-corrected chi connectivity index (χ4v) is 12.5. The smallest absolute Gasteiger partial charge is 0.253 e. The van der Waals surface area contributed by atoms with Crippen LogP contribution in [0.25, 0.3) is 0 Å². The number of rotatable bonds is 28. The van der Waals surface area contributed by atoms with E-state index in [1.165, 1.54) is 24.2 Å². The summed E-state index contributed by atoms with van der Waals surface area (Å²) in [5, 5.41) is 8.86. The van der Waals surface area contributed by atoms with Gasteiger partial charge in [0.25, 0.3) is 11.8 Å². The van der Waals surface area contributed by atoms with E-state index in [2.05, 4.69) is 29.8 Å². The molecule has 0 bridgehead atoms. The SMILES string of the molecule is CC[C@H](C)[C@@H]([C@@H](CC(=O)N1CCC[C@H]1[C@H](OC)[C@@H](C)C(=O)N[C@@H](Cc1ccccc1)C(=O)Nc1ccc(CNC(=O)CCCCCN2C(=O)C=CC2=O)cc1)OC)N(C)C(=O)[C@@H](C(C)C)C12CC1CN(C)C2C(N)=O. The number of nitrogens with one attached hydrogen (secondary N) is 3. The van der Waals surface area contributed by atoms with E-state index in [0.717, 1.165) is 24.0 Å². The predicted octanol–water partition coefficient (Wildman–Crippen LogP) is 4.45. The molecule has 75 heavy (non-hydrogen) atoms. The maximum Gasteiger partial charge on any atom is 0.253 e. The number of likely N-dealkylation sites (tertiary alicyclic amines) is 2. The van der Waals surface area contributed by atoms with Crippen molar-refractivity contribution in [2.75, 3.05) is 53.3 Å². The Bertz CT molecular complexity index is 2360. The van der Waals surface area contributed by atoms with Gasteiger partial charge in [-0.15, -0.1) is 0 Å². The third-order valence-electron chi connectivity index (χ3n) is 16.5. The number of amides is 8. The van der Waals surface area contributed by atoms with Crippen LogP contribution < -0.4 is 21.7 Å². The van der Waals surface area contributed by atoms with Gasteiger partial charge in [0.15, 0.2) is 0 Å². The highest BCUT2D eigenvalue weighted by Crippen LogP contribution is 2.67. The van der Waals surface area contributed by atoms with Crippen molar-refractivity contribution in [3.05, 3.63) is 77.9 Å². The normalized spacial score (nSPS) is 23.0. The first-order valence-electron chi connectivity index (χ1n) is 26.9. The van der Waals surface area contributed by atoms with E-state index < -0.39 is 71.3 Å². The number of hydrogen-bond donors (Lipinski definition) is 4. The largest absolute Gasteiger partial charge is 0.379 e. The highest BCUT2D eigenvalue weighted by molar-refractivity contribution is 6.12. The van der Waals surface area contributed by atoms with Gasteiger partial charge in [-0.2, -0.15) is 0 Å². The Kier molecular flexibility index (Phi) is 20.3. The Hall–Kier alpha value is -5.98. The Balaban J connectivity index is 1.06. The molecule has 18 nitrogen and oxygen atoms in total. The molecule has 410 valence electrons. The molecule has 0 aromatic heterocycles. The standard InChI is InChI=1S/C57H82N8O10/c1-10-36(4)50(63(7)56(73)49(35(2)3)57-32-40(57)34-62(6)52(57)53(58)70)44(74-8)31-48(69)64-29-17-20-43(64)51(75-9)37(5)54(71)61-42(30-38-18-13-11-14-19-38)55(72)60-41-24-22-39(23-25-41)33-59-45(66)21-15-12-16-28-65-46(67)26-27-47(65)68/h11,13-14,18-19,22-27,35-37,40,42-44,49-52H,10,12,15-17,20-21,28-34H2,1-9H3,(H2,58,70)(H,59,66)(H,60,72)(H,61,71)/t36-,37+,40?,42-,43-,44+,49+,50-,51+,52?,57?/m0/s1. The van der Waals surface area contributed by atoms with E-state index in [1.54, 1.807) is 55.1 Å². The molecule has 3 aliphatic heterocycles. The minimum Gasteiger partial charge on any atom is -0.379 e. The number of methoxy groups -OCH3 is 2. The van der Waals surface area contributed by atoms with Gasteiger partial charge in [0.2, 0.25) is 35.4 Å². The number of ether oxygens (including phenoxy) is 2. The van der Waals surface area contributed by atoms with Gasteiger partial charge >= 0.3 is 0 Å². The highest BCUT2D eigenvalue weighted by atomic mass is 16.5. The molecule has 1 aliphatic carbocycles. The monoisotopic (exact) mass is 1040 g/mol. The molecule has 2 aromatic rings. The molecule has 3 heterocycles. The van der Waals surface area contributed by atoms with Crippen LogP contribution in [0.15, 0.2) is 66.7 Å². The van der Waals surface area contributed by atoms with Crippen molar-refractivity contribution in [1.29, 1.82) is 0 Å². The summed E-state index contributed by atoms with van der Waals surface area (Å²) < 4.78 is 12.2. The quantitative estimate of drug-likeness (QED) is 0.0688. The van der Waals surface area contributed by atoms with E-state index in [0.29, 0.717) is 63.8 Å². The molecule has 1 saturated carbocycles. The molecule has 8 amide bonds. The van der Waals surface area contributed by atoms with Crippen LogP contribution in [0.4, 0.5) is 5.69 Å². The van der Waals surface area contributed by atoms with Crippen LogP contribution >= 0.6 is 0 Å². The second-order valence-electron chi connectivity index (χ2n) is 21.8. The number of nitrogens with zero attached hydrogens (tertiary/aromatic N) is 4. The number of anilines is 1. The predicted molar refractivity (Wildman–Crippen MR) is 284 cm³/mol. The van der Waals surface area contributed by atoms with Crippen LogP contribution in [0, 0.1) is 35.0 Å². The molecular formula is C57H82N8O10. The van der Waals surface area contributed by atoms with Crippen molar-refractivity contribution in [3.63, 3.8) is 0 Å². The molecular weight excluding hydrogens is 957 g/mol. The van der Waals surface area contributed by atoms with Crippen LogP contribution in [0.1, 0.15) is 104 Å². The summed E-state index contributed by atoms with van der Waals surface area (Å²) in [6, 6.07) is 14.1. The van der Waals surface area contributed by atoms with Crippen molar-refractivity contribution < 1.29 is 47.8 Å². The maximum absolute atomic E-state index is 14.9. The molecule has 3 unspecified atom stereocenters. The number of carbonyl (C=O) groups excluding carboxylic acids is 8. The molecule has 0 radical (unpaired) electrons. The first-order chi connectivity index (χ1) is 35.8. The van der Waals surface area contributed by atoms with Crippen LogP contribution in [0.3, 0.4) is 0 Å². The van der Waals surface area contributed by atoms with E-state index >= 15 is 0 Å². The van der Waals surface area contributed by atoms with Gasteiger partial charge in [0.05, 0.1) is 42.7 Å². The van der Waals surface area contributed by atoms with Gasteiger partial charge in [-0.05, 0) is 80.2 Å². The van der Waals surface area contributed by atoms with Gasteiger partial charge in [-0.3, -0.25) is 48.2 Å². The number of carbonyl (C=O) groups is 8. The Morgan fingerprint density at radius 1 is 0.880 bits per heavy atom. The lowest BCUT2D eigenvalue weighted by Gasteiger charge is -2.43. The summed E-state index contributed by atoms with van der Waals surface area (Å²) in [5.74, 6) is -3.35. The molecule has 0 spiro atoms. The fraction of sp³-hybridized carbons (Fsp3) is 0.614. The minimum atomic E-state index is -0.968. The molecule has 3 fully saturated rings. The molecule has 2 aromatic carbocycles. The molecule has 2 saturated heterocycles. The average molecular weight is 1040 g/mol.